The Morgan fingerprint density at radius 2 is 1.44 bits per heavy atom. The molecule has 0 spiro atoms. The summed E-state index contributed by atoms with van der Waals surface area (Å²) in [5.41, 5.74) is 1.24. The molecular formula is C22H33NO2. The van der Waals surface area contributed by atoms with Gasteiger partial charge in [0.2, 0.25) is 0 Å². The van der Waals surface area contributed by atoms with Crippen LogP contribution in [0.2, 0.25) is 0 Å². The summed E-state index contributed by atoms with van der Waals surface area (Å²) in [5, 5.41) is 0. The summed E-state index contributed by atoms with van der Waals surface area (Å²) in [6, 6.07) is 0. The molecule has 3 unspecified atom stereocenters. The third-order valence-electron chi connectivity index (χ3n) is 6.57. The molecule has 138 valence electrons. The first-order chi connectivity index (χ1) is 12.1. The fraction of sp³-hybridized carbons (Fsp3) is 0.727. The minimum absolute atomic E-state index is 0.0852. The lowest BCUT2D eigenvalue weighted by Gasteiger charge is -2.17. The summed E-state index contributed by atoms with van der Waals surface area (Å²) in [5.74, 6) is 2.62. The van der Waals surface area contributed by atoms with Crippen molar-refractivity contribution in [3.05, 3.63) is 23.3 Å². The Bertz CT molecular complexity index is 551. The van der Waals surface area contributed by atoms with Crippen molar-refractivity contribution in [2.24, 2.45) is 17.8 Å². The van der Waals surface area contributed by atoms with Crippen LogP contribution in [-0.4, -0.2) is 23.3 Å². The quantitative estimate of drug-likeness (QED) is 0.317. The SMILES string of the molecule is CC1=C(C)C(=O)N(CCCCCCCCCC2CC3C=CC2C3)C1=O. The molecule has 3 atom stereocenters. The molecule has 1 fully saturated rings. The monoisotopic (exact) mass is 343 g/mol. The Morgan fingerprint density at radius 1 is 0.840 bits per heavy atom. The topological polar surface area (TPSA) is 37.4 Å². The van der Waals surface area contributed by atoms with E-state index in [9.17, 15) is 9.59 Å². The number of nitrogens with zero attached hydrogens (tertiary/aromatic N) is 1. The number of hydrogen-bond acceptors (Lipinski definition) is 2. The van der Waals surface area contributed by atoms with E-state index in [1.165, 1.54) is 56.3 Å². The fourth-order valence-electron chi connectivity index (χ4n) is 4.81. The molecule has 1 heterocycles. The number of imide groups is 1. The molecule has 0 aromatic heterocycles. The first kappa shape index (κ1) is 18.4. The van der Waals surface area contributed by atoms with E-state index in [0.717, 1.165) is 30.6 Å². The lowest BCUT2D eigenvalue weighted by molar-refractivity contribution is -0.137. The van der Waals surface area contributed by atoms with Crippen molar-refractivity contribution in [1.82, 2.24) is 4.90 Å². The van der Waals surface area contributed by atoms with Gasteiger partial charge in [0.15, 0.2) is 0 Å². The van der Waals surface area contributed by atoms with Crippen LogP contribution in [-0.2, 0) is 9.59 Å². The van der Waals surface area contributed by atoms with Crippen LogP contribution in [0.1, 0.15) is 78.1 Å². The molecule has 3 rings (SSSR count). The van der Waals surface area contributed by atoms with Crippen LogP contribution in [0.25, 0.3) is 0 Å². The first-order valence-corrected chi connectivity index (χ1v) is 10.3. The number of carbonyl (C=O) groups excluding carboxylic acids is 2. The highest BCUT2D eigenvalue weighted by Gasteiger charge is 2.34. The highest BCUT2D eigenvalue weighted by Crippen LogP contribution is 2.45. The van der Waals surface area contributed by atoms with Gasteiger partial charge < -0.3 is 0 Å². The van der Waals surface area contributed by atoms with Gasteiger partial charge in [0, 0.05) is 17.7 Å². The molecule has 3 nitrogen and oxygen atoms in total. The molecule has 2 aliphatic carbocycles. The smallest absolute Gasteiger partial charge is 0.256 e. The summed E-state index contributed by atoms with van der Waals surface area (Å²) in [6.45, 7) is 4.09. The van der Waals surface area contributed by atoms with E-state index in [0.29, 0.717) is 17.7 Å². The number of allylic oxidation sites excluding steroid dienone is 2. The highest BCUT2D eigenvalue weighted by atomic mass is 16.2. The lowest BCUT2D eigenvalue weighted by Crippen LogP contribution is -2.32. The molecule has 0 radical (unpaired) electrons. The molecule has 0 aromatic rings. The molecular weight excluding hydrogens is 310 g/mol. The van der Waals surface area contributed by atoms with Gasteiger partial charge in [-0.1, -0.05) is 50.7 Å². The summed E-state index contributed by atoms with van der Waals surface area (Å²) < 4.78 is 0. The van der Waals surface area contributed by atoms with Gasteiger partial charge in [0.05, 0.1) is 0 Å². The first-order valence-electron chi connectivity index (χ1n) is 10.3. The Balaban J connectivity index is 1.17. The van der Waals surface area contributed by atoms with Crippen molar-refractivity contribution in [3.8, 4) is 0 Å². The van der Waals surface area contributed by atoms with Gasteiger partial charge in [-0.3, -0.25) is 14.5 Å². The second-order valence-electron chi connectivity index (χ2n) is 8.32. The molecule has 0 N–H and O–H groups in total. The Labute approximate surface area is 152 Å². The molecule has 1 aliphatic heterocycles. The Morgan fingerprint density at radius 3 is 2.00 bits per heavy atom. The van der Waals surface area contributed by atoms with Gasteiger partial charge in [-0.05, 0) is 57.3 Å². The Kier molecular flexibility index (Phi) is 6.14. The van der Waals surface area contributed by atoms with Gasteiger partial charge in [0.25, 0.3) is 11.8 Å². The van der Waals surface area contributed by atoms with Crippen LogP contribution in [0.3, 0.4) is 0 Å². The zero-order chi connectivity index (χ0) is 17.8. The predicted octanol–water partition coefficient (Wildman–Crippen LogP) is 5.02. The van der Waals surface area contributed by atoms with E-state index in [4.69, 9.17) is 0 Å². The Hall–Kier alpha value is -1.38. The van der Waals surface area contributed by atoms with Crippen LogP contribution in [0.15, 0.2) is 23.3 Å². The van der Waals surface area contributed by atoms with Gasteiger partial charge in [0.1, 0.15) is 0 Å². The molecule has 0 saturated heterocycles. The van der Waals surface area contributed by atoms with E-state index < -0.39 is 0 Å². The normalized spacial score (nSPS) is 28.1. The van der Waals surface area contributed by atoms with Gasteiger partial charge >= 0.3 is 0 Å². The third kappa shape index (κ3) is 4.24. The van der Waals surface area contributed by atoms with Crippen LogP contribution < -0.4 is 0 Å². The summed E-state index contributed by atoms with van der Waals surface area (Å²) in [6.07, 6.45) is 17.9. The maximum Gasteiger partial charge on any atom is 0.256 e. The maximum atomic E-state index is 12.0. The minimum Gasteiger partial charge on any atom is -0.275 e. The van der Waals surface area contributed by atoms with Crippen molar-refractivity contribution >= 4 is 11.8 Å². The van der Waals surface area contributed by atoms with Gasteiger partial charge in [-0.2, -0.15) is 0 Å². The van der Waals surface area contributed by atoms with E-state index in [-0.39, 0.29) is 11.8 Å². The van der Waals surface area contributed by atoms with Crippen LogP contribution in [0.5, 0.6) is 0 Å². The lowest BCUT2D eigenvalue weighted by atomic mass is 9.88. The molecule has 2 bridgehead atoms. The second-order valence-corrected chi connectivity index (χ2v) is 8.32. The average molecular weight is 344 g/mol. The zero-order valence-corrected chi connectivity index (χ0v) is 15.9. The van der Waals surface area contributed by atoms with E-state index in [1.807, 2.05) is 0 Å². The molecule has 0 aromatic carbocycles. The highest BCUT2D eigenvalue weighted by molar-refractivity contribution is 6.18. The van der Waals surface area contributed by atoms with Crippen molar-refractivity contribution in [2.45, 2.75) is 78.1 Å². The van der Waals surface area contributed by atoms with Crippen molar-refractivity contribution in [3.63, 3.8) is 0 Å². The maximum absolute atomic E-state index is 12.0. The van der Waals surface area contributed by atoms with E-state index in [2.05, 4.69) is 12.2 Å². The standard InChI is InChI=1S/C22H33NO2/c1-16-17(2)22(25)23(21(16)24)13-9-7-5-3-4-6-8-10-19-14-18-11-12-20(19)15-18/h11-12,18-20H,3-10,13-15H2,1-2H3. The molecule has 25 heavy (non-hydrogen) atoms. The van der Waals surface area contributed by atoms with Gasteiger partial charge in [-0.25, -0.2) is 0 Å². The summed E-state index contributed by atoms with van der Waals surface area (Å²) >= 11 is 0. The molecule has 3 aliphatic rings. The zero-order valence-electron chi connectivity index (χ0n) is 15.9. The summed E-state index contributed by atoms with van der Waals surface area (Å²) in [7, 11) is 0. The number of carbonyl (C=O) groups is 2. The van der Waals surface area contributed by atoms with Crippen LogP contribution >= 0.6 is 0 Å². The van der Waals surface area contributed by atoms with Crippen molar-refractivity contribution in [2.75, 3.05) is 6.54 Å². The molecule has 2 amide bonds. The average Bonchev–Trinajstić information content (AvgIpc) is 3.28. The predicted molar refractivity (Wildman–Crippen MR) is 101 cm³/mol. The van der Waals surface area contributed by atoms with Crippen LogP contribution in [0, 0.1) is 17.8 Å². The number of hydrogen-bond donors (Lipinski definition) is 0. The van der Waals surface area contributed by atoms with Crippen molar-refractivity contribution in [1.29, 1.82) is 0 Å². The number of rotatable bonds is 10. The van der Waals surface area contributed by atoms with Crippen LogP contribution in [0.4, 0.5) is 0 Å². The number of fused-ring (bicyclic) bond motifs is 2. The second kappa shape index (κ2) is 8.33. The minimum atomic E-state index is -0.0852. The number of unbranched alkanes of at least 4 members (excludes halogenated alkanes) is 6. The fourth-order valence-corrected chi connectivity index (χ4v) is 4.81. The van der Waals surface area contributed by atoms with Gasteiger partial charge in [-0.15, -0.1) is 0 Å². The summed E-state index contributed by atoms with van der Waals surface area (Å²) in [4.78, 5) is 25.4. The number of amides is 2. The van der Waals surface area contributed by atoms with Crippen molar-refractivity contribution < 1.29 is 9.59 Å². The molecule has 3 heteroatoms. The van der Waals surface area contributed by atoms with E-state index in [1.54, 1.807) is 13.8 Å². The third-order valence-corrected chi connectivity index (χ3v) is 6.57. The van der Waals surface area contributed by atoms with E-state index >= 15 is 0 Å². The largest absolute Gasteiger partial charge is 0.275 e. The molecule has 1 saturated carbocycles.